The van der Waals surface area contributed by atoms with Gasteiger partial charge in [0, 0.05) is 24.6 Å². The third kappa shape index (κ3) is 2.98. The van der Waals surface area contributed by atoms with Gasteiger partial charge in [-0.3, -0.25) is 4.90 Å². The van der Waals surface area contributed by atoms with Crippen molar-refractivity contribution in [3.05, 3.63) is 35.9 Å². The van der Waals surface area contributed by atoms with E-state index >= 15 is 0 Å². The molecule has 0 bridgehead atoms. The Balaban J connectivity index is 2.02. The van der Waals surface area contributed by atoms with Crippen LogP contribution in [-0.4, -0.2) is 40.3 Å². The molecular weight excluding hydrogens is 220 g/mol. The Morgan fingerprint density at radius 1 is 1.38 bits per heavy atom. The molecule has 0 amide bonds. The molecule has 0 aromatic heterocycles. The summed E-state index contributed by atoms with van der Waals surface area (Å²) >= 11 is 1.82. The summed E-state index contributed by atoms with van der Waals surface area (Å²) in [4.78, 5) is 2.06. The number of thioether (sulfide) groups is 1. The minimum Gasteiger partial charge on any atom is -0.377 e. The number of aliphatic hydroxyl groups excluding tert-OH is 1. The zero-order valence-electron chi connectivity index (χ0n) is 9.25. The van der Waals surface area contributed by atoms with Crippen LogP contribution in [0.3, 0.4) is 0 Å². The summed E-state index contributed by atoms with van der Waals surface area (Å²) in [6, 6.07) is 10.1. The first-order valence-electron chi connectivity index (χ1n) is 5.57. The number of rotatable bonds is 2. The van der Waals surface area contributed by atoms with Crippen LogP contribution in [0.5, 0.6) is 0 Å². The van der Waals surface area contributed by atoms with Gasteiger partial charge in [-0.05, 0) is 5.56 Å². The van der Waals surface area contributed by atoms with Crippen molar-refractivity contribution in [1.29, 1.82) is 0 Å². The van der Waals surface area contributed by atoms with Crippen molar-refractivity contribution in [2.45, 2.75) is 18.8 Å². The average molecular weight is 238 g/mol. The highest BCUT2D eigenvalue weighted by Gasteiger charge is 2.25. The van der Waals surface area contributed by atoms with Crippen LogP contribution >= 0.6 is 11.8 Å². The SMILES string of the molecule is NC1CSCCN(Cc2ccccc2)C1O. The van der Waals surface area contributed by atoms with Crippen molar-refractivity contribution in [3.8, 4) is 0 Å². The number of aliphatic hydroxyl groups is 1. The zero-order chi connectivity index (χ0) is 11.4. The molecule has 1 saturated heterocycles. The molecule has 1 fully saturated rings. The number of hydrogen-bond donors (Lipinski definition) is 2. The second-order valence-electron chi connectivity index (χ2n) is 4.11. The topological polar surface area (TPSA) is 49.5 Å². The Bertz CT molecular complexity index is 320. The minimum absolute atomic E-state index is 0.142. The van der Waals surface area contributed by atoms with E-state index in [2.05, 4.69) is 17.0 Å². The molecule has 16 heavy (non-hydrogen) atoms. The summed E-state index contributed by atoms with van der Waals surface area (Å²) in [5.74, 6) is 1.88. The fourth-order valence-corrected chi connectivity index (χ4v) is 2.86. The first kappa shape index (κ1) is 11.9. The molecule has 0 saturated carbocycles. The van der Waals surface area contributed by atoms with E-state index < -0.39 is 6.23 Å². The first-order valence-corrected chi connectivity index (χ1v) is 6.72. The third-order valence-corrected chi connectivity index (χ3v) is 3.91. The third-order valence-electron chi connectivity index (χ3n) is 2.82. The Kier molecular flexibility index (Phi) is 4.23. The van der Waals surface area contributed by atoms with Crippen LogP contribution in [0.1, 0.15) is 5.56 Å². The van der Waals surface area contributed by atoms with Crippen molar-refractivity contribution < 1.29 is 5.11 Å². The second kappa shape index (κ2) is 5.68. The first-order chi connectivity index (χ1) is 7.77. The molecule has 0 spiro atoms. The predicted octanol–water partition coefficient (Wildman–Crippen LogP) is 0.881. The summed E-state index contributed by atoms with van der Waals surface area (Å²) in [7, 11) is 0. The molecule has 1 heterocycles. The van der Waals surface area contributed by atoms with Crippen molar-refractivity contribution in [3.63, 3.8) is 0 Å². The quantitative estimate of drug-likeness (QED) is 0.803. The Hall–Kier alpha value is -0.550. The van der Waals surface area contributed by atoms with Gasteiger partial charge < -0.3 is 10.8 Å². The largest absolute Gasteiger partial charge is 0.377 e. The van der Waals surface area contributed by atoms with E-state index in [1.165, 1.54) is 5.56 Å². The van der Waals surface area contributed by atoms with E-state index in [1.807, 2.05) is 30.0 Å². The Labute approximate surface area is 101 Å². The minimum atomic E-state index is -0.518. The molecule has 1 aromatic rings. The molecule has 2 atom stereocenters. The molecule has 1 aliphatic heterocycles. The molecule has 2 unspecified atom stereocenters. The molecule has 88 valence electrons. The maximum Gasteiger partial charge on any atom is 0.123 e. The highest BCUT2D eigenvalue weighted by molar-refractivity contribution is 7.99. The van der Waals surface area contributed by atoms with Crippen LogP contribution in [-0.2, 0) is 6.54 Å². The van der Waals surface area contributed by atoms with Gasteiger partial charge in [0.1, 0.15) is 6.23 Å². The van der Waals surface area contributed by atoms with Crippen LogP contribution < -0.4 is 5.73 Å². The van der Waals surface area contributed by atoms with Crippen LogP contribution in [0.15, 0.2) is 30.3 Å². The van der Waals surface area contributed by atoms with Crippen LogP contribution in [0.25, 0.3) is 0 Å². The fraction of sp³-hybridized carbons (Fsp3) is 0.500. The van der Waals surface area contributed by atoms with Gasteiger partial charge in [-0.2, -0.15) is 11.8 Å². The highest BCUT2D eigenvalue weighted by atomic mass is 32.2. The second-order valence-corrected chi connectivity index (χ2v) is 5.26. The highest BCUT2D eigenvalue weighted by Crippen LogP contribution is 2.16. The van der Waals surface area contributed by atoms with E-state index in [0.717, 1.165) is 24.6 Å². The molecule has 1 aliphatic rings. The van der Waals surface area contributed by atoms with E-state index in [0.29, 0.717) is 0 Å². The van der Waals surface area contributed by atoms with Gasteiger partial charge in [-0.1, -0.05) is 30.3 Å². The van der Waals surface area contributed by atoms with Crippen molar-refractivity contribution in [2.75, 3.05) is 18.1 Å². The van der Waals surface area contributed by atoms with Crippen molar-refractivity contribution in [2.24, 2.45) is 5.73 Å². The molecule has 0 radical (unpaired) electrons. The van der Waals surface area contributed by atoms with Gasteiger partial charge in [0.05, 0.1) is 6.04 Å². The lowest BCUT2D eigenvalue weighted by atomic mass is 10.2. The summed E-state index contributed by atoms with van der Waals surface area (Å²) in [6.07, 6.45) is -0.518. The summed E-state index contributed by atoms with van der Waals surface area (Å²) < 4.78 is 0. The normalized spacial score (nSPS) is 27.6. The fourth-order valence-electron chi connectivity index (χ4n) is 1.88. The summed E-state index contributed by atoms with van der Waals surface area (Å²) in [5.41, 5.74) is 7.13. The van der Waals surface area contributed by atoms with Crippen LogP contribution in [0.2, 0.25) is 0 Å². The van der Waals surface area contributed by atoms with E-state index in [1.54, 1.807) is 0 Å². The lowest BCUT2D eigenvalue weighted by Gasteiger charge is -2.28. The van der Waals surface area contributed by atoms with Gasteiger partial charge in [0.15, 0.2) is 0 Å². The predicted molar refractivity (Wildman–Crippen MR) is 68.2 cm³/mol. The van der Waals surface area contributed by atoms with Gasteiger partial charge in [-0.25, -0.2) is 0 Å². The molecule has 1 aromatic carbocycles. The maximum absolute atomic E-state index is 10.1. The van der Waals surface area contributed by atoms with Crippen LogP contribution in [0, 0.1) is 0 Å². The number of hydrogen-bond acceptors (Lipinski definition) is 4. The van der Waals surface area contributed by atoms with E-state index in [9.17, 15) is 5.11 Å². The molecule has 2 rings (SSSR count). The number of nitrogens with two attached hydrogens (primary N) is 1. The van der Waals surface area contributed by atoms with Gasteiger partial charge in [0.25, 0.3) is 0 Å². The molecule has 3 N–H and O–H groups in total. The summed E-state index contributed by atoms with van der Waals surface area (Å²) in [6.45, 7) is 1.67. The van der Waals surface area contributed by atoms with Gasteiger partial charge >= 0.3 is 0 Å². The molecule has 3 nitrogen and oxygen atoms in total. The molecule has 4 heteroatoms. The summed E-state index contributed by atoms with van der Waals surface area (Å²) in [5, 5.41) is 10.1. The smallest absolute Gasteiger partial charge is 0.123 e. The number of benzene rings is 1. The van der Waals surface area contributed by atoms with Gasteiger partial charge in [0.2, 0.25) is 0 Å². The lowest BCUT2D eigenvalue weighted by Crippen LogP contribution is -2.47. The van der Waals surface area contributed by atoms with E-state index in [-0.39, 0.29) is 6.04 Å². The molecule has 0 aliphatic carbocycles. The average Bonchev–Trinajstić information content (AvgIpc) is 2.46. The Morgan fingerprint density at radius 3 is 2.88 bits per heavy atom. The van der Waals surface area contributed by atoms with Crippen molar-refractivity contribution >= 4 is 11.8 Å². The maximum atomic E-state index is 10.1. The zero-order valence-corrected chi connectivity index (χ0v) is 10.1. The monoisotopic (exact) mass is 238 g/mol. The lowest BCUT2D eigenvalue weighted by molar-refractivity contribution is -0.00955. The van der Waals surface area contributed by atoms with Gasteiger partial charge in [-0.15, -0.1) is 0 Å². The van der Waals surface area contributed by atoms with Crippen LogP contribution in [0.4, 0.5) is 0 Å². The van der Waals surface area contributed by atoms with E-state index in [4.69, 9.17) is 5.73 Å². The molecular formula is C12H18N2OS. The van der Waals surface area contributed by atoms with Crippen molar-refractivity contribution in [1.82, 2.24) is 4.90 Å². The Morgan fingerprint density at radius 2 is 2.12 bits per heavy atom. The standard InChI is InChI=1S/C12H18N2OS/c13-11-9-16-7-6-14(12(11)15)8-10-4-2-1-3-5-10/h1-5,11-12,15H,6-9,13H2. The number of nitrogens with zero attached hydrogens (tertiary/aromatic N) is 1.